The van der Waals surface area contributed by atoms with Gasteiger partial charge in [-0.05, 0) is 42.0 Å². The number of piperazine rings is 1. The smallest absolute Gasteiger partial charge is 0.252 e. The molecule has 144 valence electrons. The minimum absolute atomic E-state index is 0.131. The van der Waals surface area contributed by atoms with E-state index < -0.39 is 0 Å². The zero-order valence-electron chi connectivity index (χ0n) is 15.4. The molecule has 3 aromatic rings. The van der Waals surface area contributed by atoms with Crippen LogP contribution in [0.1, 0.15) is 5.56 Å². The van der Waals surface area contributed by atoms with Gasteiger partial charge in [0.2, 0.25) is 0 Å². The number of rotatable bonds is 4. The van der Waals surface area contributed by atoms with Crippen molar-refractivity contribution in [3.8, 4) is 11.3 Å². The van der Waals surface area contributed by atoms with Crippen LogP contribution >= 0.6 is 23.2 Å². The Morgan fingerprint density at radius 2 is 1.54 bits per heavy atom. The van der Waals surface area contributed by atoms with E-state index in [1.54, 1.807) is 6.07 Å². The van der Waals surface area contributed by atoms with E-state index in [0.717, 1.165) is 42.5 Å². The van der Waals surface area contributed by atoms with Crippen LogP contribution < -0.4 is 15.4 Å². The van der Waals surface area contributed by atoms with Gasteiger partial charge in [0.1, 0.15) is 0 Å². The van der Waals surface area contributed by atoms with Crippen molar-refractivity contribution in [1.82, 2.24) is 4.98 Å². The third-order valence-electron chi connectivity index (χ3n) is 5.13. The van der Waals surface area contributed by atoms with Gasteiger partial charge in [0.15, 0.2) is 0 Å². The third-order valence-corrected chi connectivity index (χ3v) is 5.65. The van der Waals surface area contributed by atoms with Crippen molar-refractivity contribution in [3.05, 3.63) is 81.6 Å². The van der Waals surface area contributed by atoms with E-state index in [1.807, 2.05) is 36.4 Å². The van der Waals surface area contributed by atoms with E-state index >= 15 is 0 Å². The average molecular weight is 414 g/mol. The Morgan fingerprint density at radius 1 is 0.857 bits per heavy atom. The van der Waals surface area contributed by atoms with Gasteiger partial charge >= 0.3 is 0 Å². The number of H-pyrrole nitrogens is 1. The maximum Gasteiger partial charge on any atom is 0.252 e. The number of hydrogen-bond donors (Lipinski definition) is 1. The first kappa shape index (κ1) is 18.9. The topological polar surface area (TPSA) is 39.3 Å². The van der Waals surface area contributed by atoms with Gasteiger partial charge in [0.25, 0.3) is 5.56 Å². The summed E-state index contributed by atoms with van der Waals surface area (Å²) >= 11 is 11.9. The van der Waals surface area contributed by atoms with Crippen molar-refractivity contribution in [3.63, 3.8) is 0 Å². The quantitative estimate of drug-likeness (QED) is 0.626. The predicted octanol–water partition coefficient (Wildman–Crippen LogP) is 4.76. The molecule has 1 fully saturated rings. The summed E-state index contributed by atoms with van der Waals surface area (Å²) in [5.41, 5.74) is 4.60. The minimum atomic E-state index is -0.131. The minimum Gasteiger partial charge on any atom is -0.368 e. The third kappa shape index (κ3) is 4.03. The number of benzene rings is 2. The molecule has 0 amide bonds. The highest BCUT2D eigenvalue weighted by atomic mass is 35.5. The Kier molecular flexibility index (Phi) is 5.60. The first-order valence-corrected chi connectivity index (χ1v) is 10.2. The Balaban J connectivity index is 1.44. The van der Waals surface area contributed by atoms with Crippen LogP contribution in [0.3, 0.4) is 0 Å². The van der Waals surface area contributed by atoms with Crippen molar-refractivity contribution in [1.29, 1.82) is 0 Å². The molecule has 0 aliphatic carbocycles. The van der Waals surface area contributed by atoms with E-state index in [1.165, 1.54) is 11.4 Å². The molecule has 1 aromatic heterocycles. The summed E-state index contributed by atoms with van der Waals surface area (Å²) < 4.78 is 0. The fourth-order valence-electron chi connectivity index (χ4n) is 3.52. The maximum absolute atomic E-state index is 12.0. The molecule has 28 heavy (non-hydrogen) atoms. The molecule has 6 heteroatoms. The number of alkyl halides is 1. The van der Waals surface area contributed by atoms with E-state index in [-0.39, 0.29) is 11.4 Å². The molecule has 0 bridgehead atoms. The fraction of sp³-hybridized carbons (Fsp3) is 0.227. The molecular weight excluding hydrogens is 393 g/mol. The molecule has 2 aromatic carbocycles. The highest BCUT2D eigenvalue weighted by molar-refractivity contribution is 6.30. The van der Waals surface area contributed by atoms with E-state index in [2.05, 4.69) is 33.0 Å². The number of nitrogens with zero attached hydrogens (tertiary/aromatic N) is 2. The lowest BCUT2D eigenvalue weighted by Gasteiger charge is -2.37. The molecular formula is C22H21Cl2N3O. The molecule has 1 N–H and O–H groups in total. The van der Waals surface area contributed by atoms with Crippen LogP contribution in [0.25, 0.3) is 11.3 Å². The molecule has 0 spiro atoms. The van der Waals surface area contributed by atoms with E-state index in [0.29, 0.717) is 5.56 Å². The molecule has 1 aliphatic heterocycles. The molecule has 1 aliphatic rings. The lowest BCUT2D eigenvalue weighted by molar-refractivity contribution is 0.653. The number of halogens is 2. The van der Waals surface area contributed by atoms with Gasteiger partial charge in [-0.1, -0.05) is 35.9 Å². The van der Waals surface area contributed by atoms with Gasteiger partial charge in [0.05, 0.1) is 5.88 Å². The number of nitrogens with one attached hydrogen (secondary N) is 1. The lowest BCUT2D eigenvalue weighted by Crippen LogP contribution is -2.46. The van der Waals surface area contributed by atoms with Gasteiger partial charge in [-0.3, -0.25) is 4.79 Å². The van der Waals surface area contributed by atoms with Crippen LogP contribution in [-0.2, 0) is 5.88 Å². The summed E-state index contributed by atoms with van der Waals surface area (Å²) in [5, 5.41) is 0.771. The SMILES string of the molecule is O=c1[nH]c(-c2ccc(N3CCN(c4cccc(Cl)c4)CC3)cc2)ccc1CCl. The van der Waals surface area contributed by atoms with Crippen molar-refractivity contribution in [2.24, 2.45) is 0 Å². The van der Waals surface area contributed by atoms with Crippen LogP contribution in [0, 0.1) is 0 Å². The van der Waals surface area contributed by atoms with Gasteiger partial charge in [0, 0.05) is 53.8 Å². The number of hydrogen-bond acceptors (Lipinski definition) is 3. The molecule has 4 rings (SSSR count). The van der Waals surface area contributed by atoms with Crippen LogP contribution in [-0.4, -0.2) is 31.2 Å². The normalized spacial score (nSPS) is 14.4. The van der Waals surface area contributed by atoms with Crippen molar-refractivity contribution in [2.45, 2.75) is 5.88 Å². The zero-order chi connectivity index (χ0) is 19.5. The van der Waals surface area contributed by atoms with Crippen LogP contribution in [0.5, 0.6) is 0 Å². The monoisotopic (exact) mass is 413 g/mol. The molecule has 1 saturated heterocycles. The first-order valence-electron chi connectivity index (χ1n) is 9.28. The maximum atomic E-state index is 12.0. The standard InChI is InChI=1S/C22H21Cl2N3O/c23-15-17-6-9-21(25-22(17)28)16-4-7-19(8-5-16)26-10-12-27(13-11-26)20-3-1-2-18(24)14-20/h1-9,14H,10-13,15H2,(H,25,28). The fourth-order valence-corrected chi connectivity index (χ4v) is 3.92. The van der Waals surface area contributed by atoms with Crippen LogP contribution in [0.4, 0.5) is 11.4 Å². The first-order chi connectivity index (χ1) is 13.6. The predicted molar refractivity (Wildman–Crippen MR) is 118 cm³/mol. The Hall–Kier alpha value is -2.43. The lowest BCUT2D eigenvalue weighted by atomic mass is 10.1. The summed E-state index contributed by atoms with van der Waals surface area (Å²) in [7, 11) is 0. The summed E-state index contributed by atoms with van der Waals surface area (Å²) in [6, 6.07) is 20.0. The van der Waals surface area contributed by atoms with Gasteiger partial charge in [-0.2, -0.15) is 0 Å². The number of aromatic nitrogens is 1. The van der Waals surface area contributed by atoms with E-state index in [4.69, 9.17) is 23.2 Å². The van der Waals surface area contributed by atoms with Gasteiger partial charge in [-0.15, -0.1) is 11.6 Å². The van der Waals surface area contributed by atoms with Crippen molar-refractivity contribution >= 4 is 34.6 Å². The summed E-state index contributed by atoms with van der Waals surface area (Å²) in [6.45, 7) is 3.81. The van der Waals surface area contributed by atoms with Crippen molar-refractivity contribution < 1.29 is 0 Å². The van der Waals surface area contributed by atoms with Crippen molar-refractivity contribution in [2.75, 3.05) is 36.0 Å². The molecule has 2 heterocycles. The highest BCUT2D eigenvalue weighted by Crippen LogP contribution is 2.25. The summed E-state index contributed by atoms with van der Waals surface area (Å²) in [6.07, 6.45) is 0. The van der Waals surface area contributed by atoms with Crippen LogP contribution in [0.15, 0.2) is 65.5 Å². The number of pyridine rings is 1. The second-order valence-electron chi connectivity index (χ2n) is 6.86. The number of aromatic amines is 1. The molecule has 4 nitrogen and oxygen atoms in total. The Bertz CT molecular complexity index is 1010. The Labute approximate surface area is 174 Å². The van der Waals surface area contributed by atoms with E-state index in [9.17, 15) is 4.79 Å². The summed E-state index contributed by atoms with van der Waals surface area (Å²) in [5.74, 6) is 0.218. The van der Waals surface area contributed by atoms with Crippen LogP contribution in [0.2, 0.25) is 5.02 Å². The largest absolute Gasteiger partial charge is 0.368 e. The average Bonchev–Trinajstić information content (AvgIpc) is 2.74. The Morgan fingerprint density at radius 3 is 2.14 bits per heavy atom. The second kappa shape index (κ2) is 8.29. The zero-order valence-corrected chi connectivity index (χ0v) is 16.9. The molecule has 0 saturated carbocycles. The highest BCUT2D eigenvalue weighted by Gasteiger charge is 2.17. The molecule has 0 atom stereocenters. The van der Waals surface area contributed by atoms with Gasteiger partial charge in [-0.25, -0.2) is 0 Å². The molecule has 0 unspecified atom stereocenters. The summed E-state index contributed by atoms with van der Waals surface area (Å²) in [4.78, 5) is 19.6. The van der Waals surface area contributed by atoms with Gasteiger partial charge < -0.3 is 14.8 Å². The second-order valence-corrected chi connectivity index (χ2v) is 7.56. The molecule has 0 radical (unpaired) electrons. The number of anilines is 2.